The Hall–Kier alpha value is -7.36. The van der Waals surface area contributed by atoms with Crippen LogP contribution in [0.3, 0.4) is 0 Å². The summed E-state index contributed by atoms with van der Waals surface area (Å²) < 4.78 is 8.73. The van der Waals surface area contributed by atoms with E-state index in [9.17, 15) is 0 Å². The van der Waals surface area contributed by atoms with Crippen molar-refractivity contribution in [3.8, 4) is 27.9 Å². The summed E-state index contributed by atoms with van der Waals surface area (Å²) in [6, 6.07) is 74.0. The fourth-order valence-electron chi connectivity index (χ4n) is 8.38. The van der Waals surface area contributed by atoms with Crippen LogP contribution in [0.25, 0.3) is 82.5 Å². The van der Waals surface area contributed by atoms with Crippen molar-refractivity contribution in [2.24, 2.45) is 0 Å². The Balaban J connectivity index is 1.03. The minimum atomic E-state index is 0.887. The van der Waals surface area contributed by atoms with Crippen molar-refractivity contribution in [1.82, 2.24) is 4.57 Å². The van der Waals surface area contributed by atoms with E-state index in [0.717, 1.165) is 61.4 Å². The Bertz CT molecular complexity index is 3170. The lowest BCUT2D eigenvalue weighted by Gasteiger charge is -2.28. The van der Waals surface area contributed by atoms with Crippen LogP contribution >= 0.6 is 0 Å². The molecule has 0 bridgehead atoms. The number of benzene rings is 9. The first-order valence-electron chi connectivity index (χ1n) is 18.8. The lowest BCUT2D eigenvalue weighted by molar-refractivity contribution is 0.669. The predicted molar refractivity (Wildman–Crippen MR) is 231 cm³/mol. The van der Waals surface area contributed by atoms with E-state index in [4.69, 9.17) is 4.42 Å². The number of furan rings is 1. The van der Waals surface area contributed by atoms with Gasteiger partial charge in [-0.2, -0.15) is 0 Å². The molecule has 0 spiro atoms. The minimum absolute atomic E-state index is 0.887. The monoisotopic (exact) mass is 702 g/mol. The normalized spacial score (nSPS) is 11.6. The molecule has 0 N–H and O–H groups in total. The zero-order chi connectivity index (χ0) is 36.3. The summed E-state index contributed by atoms with van der Waals surface area (Å²) >= 11 is 0. The molecule has 0 radical (unpaired) electrons. The highest BCUT2D eigenvalue weighted by atomic mass is 16.3. The fourth-order valence-corrected chi connectivity index (χ4v) is 8.38. The summed E-state index contributed by atoms with van der Waals surface area (Å²) in [5, 5.41) is 7.20. The van der Waals surface area contributed by atoms with Crippen LogP contribution in [0.2, 0.25) is 0 Å². The summed E-state index contributed by atoms with van der Waals surface area (Å²) in [7, 11) is 0. The second kappa shape index (κ2) is 12.6. The van der Waals surface area contributed by atoms with Crippen LogP contribution in [-0.4, -0.2) is 4.57 Å². The summed E-state index contributed by atoms with van der Waals surface area (Å²) in [5.41, 5.74) is 13.2. The first-order valence-corrected chi connectivity index (χ1v) is 18.8. The van der Waals surface area contributed by atoms with Crippen LogP contribution in [0.4, 0.5) is 17.1 Å². The molecule has 0 amide bonds. The van der Waals surface area contributed by atoms with Gasteiger partial charge in [-0.25, -0.2) is 0 Å². The number of fused-ring (bicyclic) bond motifs is 7. The molecule has 3 heteroatoms. The maximum absolute atomic E-state index is 6.35. The van der Waals surface area contributed by atoms with Gasteiger partial charge in [-0.1, -0.05) is 133 Å². The molecule has 55 heavy (non-hydrogen) atoms. The molecule has 0 saturated heterocycles. The van der Waals surface area contributed by atoms with Gasteiger partial charge < -0.3 is 13.9 Å². The molecule has 0 unspecified atom stereocenters. The van der Waals surface area contributed by atoms with Crippen LogP contribution in [0.5, 0.6) is 0 Å². The topological polar surface area (TPSA) is 21.3 Å². The number of aromatic nitrogens is 1. The molecule has 0 aliphatic heterocycles. The van der Waals surface area contributed by atoms with Gasteiger partial charge >= 0.3 is 0 Å². The van der Waals surface area contributed by atoms with Crippen molar-refractivity contribution in [1.29, 1.82) is 0 Å². The fraction of sp³-hybridized carbons (Fsp3) is 0. The molecule has 3 nitrogen and oxygen atoms in total. The van der Waals surface area contributed by atoms with Gasteiger partial charge in [0.25, 0.3) is 0 Å². The molecule has 258 valence electrons. The minimum Gasteiger partial charge on any atom is -0.456 e. The number of hydrogen-bond donors (Lipinski definition) is 0. The third kappa shape index (κ3) is 5.20. The Kier molecular flexibility index (Phi) is 7.17. The van der Waals surface area contributed by atoms with E-state index in [0.29, 0.717) is 0 Å². The predicted octanol–water partition coefficient (Wildman–Crippen LogP) is 14.6. The SMILES string of the molecule is c1cc(-c2ccc(N(c3ccc4ccccc4c3)c3ccccc3-c3ccc4c(c3)oc3ccccc34)cc2)cc(-n2c3ccccc3c3ccccc32)c1. The average molecular weight is 703 g/mol. The second-order valence-electron chi connectivity index (χ2n) is 14.2. The highest BCUT2D eigenvalue weighted by molar-refractivity contribution is 6.09. The smallest absolute Gasteiger partial charge is 0.136 e. The van der Waals surface area contributed by atoms with E-state index < -0.39 is 0 Å². The average Bonchev–Trinajstić information content (AvgIpc) is 3.80. The lowest BCUT2D eigenvalue weighted by Crippen LogP contribution is -2.11. The zero-order valence-corrected chi connectivity index (χ0v) is 29.9. The van der Waals surface area contributed by atoms with Crippen molar-refractivity contribution in [3.05, 3.63) is 206 Å². The summed E-state index contributed by atoms with van der Waals surface area (Å²) in [4.78, 5) is 2.38. The van der Waals surface area contributed by atoms with E-state index in [1.165, 1.54) is 38.1 Å². The molecular formula is C52H34N2O. The van der Waals surface area contributed by atoms with Crippen LogP contribution < -0.4 is 4.90 Å². The van der Waals surface area contributed by atoms with E-state index in [1.54, 1.807) is 0 Å². The quantitative estimate of drug-likeness (QED) is 0.172. The number of rotatable bonds is 6. The van der Waals surface area contributed by atoms with E-state index >= 15 is 0 Å². The molecule has 0 aliphatic carbocycles. The highest BCUT2D eigenvalue weighted by Gasteiger charge is 2.19. The number of hydrogen-bond acceptors (Lipinski definition) is 2. The van der Waals surface area contributed by atoms with Crippen LogP contribution in [0.15, 0.2) is 211 Å². The lowest BCUT2D eigenvalue weighted by atomic mass is 9.99. The van der Waals surface area contributed by atoms with Crippen molar-refractivity contribution in [2.45, 2.75) is 0 Å². The van der Waals surface area contributed by atoms with Gasteiger partial charge in [0.15, 0.2) is 0 Å². The molecule has 2 aromatic heterocycles. The summed E-state index contributed by atoms with van der Waals surface area (Å²) in [6.45, 7) is 0. The molecule has 9 aromatic carbocycles. The van der Waals surface area contributed by atoms with Crippen molar-refractivity contribution >= 4 is 71.6 Å². The van der Waals surface area contributed by atoms with Gasteiger partial charge in [0.1, 0.15) is 11.2 Å². The van der Waals surface area contributed by atoms with Gasteiger partial charge in [0, 0.05) is 44.2 Å². The van der Waals surface area contributed by atoms with Gasteiger partial charge in [0.2, 0.25) is 0 Å². The van der Waals surface area contributed by atoms with Gasteiger partial charge in [0.05, 0.1) is 16.7 Å². The van der Waals surface area contributed by atoms with E-state index in [-0.39, 0.29) is 0 Å². The maximum Gasteiger partial charge on any atom is 0.136 e. The molecule has 11 aromatic rings. The van der Waals surface area contributed by atoms with Crippen molar-refractivity contribution in [2.75, 3.05) is 4.90 Å². The third-order valence-electron chi connectivity index (χ3n) is 11.0. The first-order chi connectivity index (χ1) is 27.3. The Morgan fingerprint density at radius 1 is 0.364 bits per heavy atom. The van der Waals surface area contributed by atoms with Crippen LogP contribution in [0, 0.1) is 0 Å². The standard InChI is InChI=1S/C52H34N2O/c1-2-13-37-33-42(30-26-35(37)12-1)53(48-20-7-3-16-43(48)39-27-31-47-46-19-6-10-23-51(46)55-52(47)34-39)40-28-24-36(25-29-40)38-14-11-15-41(32-38)54-49-21-8-4-17-44(49)45-18-5-9-22-50(45)54/h1-34H. The number of para-hydroxylation sites is 4. The van der Waals surface area contributed by atoms with Gasteiger partial charge in [-0.3, -0.25) is 0 Å². The van der Waals surface area contributed by atoms with Gasteiger partial charge in [-0.05, 0) is 100 Å². The first kappa shape index (κ1) is 31.2. The molecule has 0 fully saturated rings. The Morgan fingerprint density at radius 2 is 1.00 bits per heavy atom. The van der Waals surface area contributed by atoms with Gasteiger partial charge in [-0.15, -0.1) is 0 Å². The Morgan fingerprint density at radius 3 is 1.82 bits per heavy atom. The van der Waals surface area contributed by atoms with Crippen LogP contribution in [-0.2, 0) is 0 Å². The molecule has 2 heterocycles. The van der Waals surface area contributed by atoms with E-state index in [2.05, 4.69) is 204 Å². The number of nitrogens with zero attached hydrogens (tertiary/aromatic N) is 2. The van der Waals surface area contributed by atoms with Crippen molar-refractivity contribution < 1.29 is 4.42 Å². The van der Waals surface area contributed by atoms with E-state index in [1.807, 2.05) is 12.1 Å². The molecule has 0 aliphatic rings. The molecule has 0 atom stereocenters. The van der Waals surface area contributed by atoms with Crippen LogP contribution in [0.1, 0.15) is 0 Å². The number of anilines is 3. The Labute approximate surface area is 318 Å². The van der Waals surface area contributed by atoms with Crippen molar-refractivity contribution in [3.63, 3.8) is 0 Å². The second-order valence-corrected chi connectivity index (χ2v) is 14.2. The highest BCUT2D eigenvalue weighted by Crippen LogP contribution is 2.43. The molecule has 11 rings (SSSR count). The largest absolute Gasteiger partial charge is 0.456 e. The third-order valence-corrected chi connectivity index (χ3v) is 11.0. The molecular weight excluding hydrogens is 669 g/mol. The maximum atomic E-state index is 6.35. The zero-order valence-electron chi connectivity index (χ0n) is 29.9. The summed E-state index contributed by atoms with van der Waals surface area (Å²) in [5.74, 6) is 0. The summed E-state index contributed by atoms with van der Waals surface area (Å²) in [6.07, 6.45) is 0. The molecule has 0 saturated carbocycles.